The molecule has 3 atom stereocenters. The summed E-state index contributed by atoms with van der Waals surface area (Å²) in [4.78, 5) is 21.9. The average Bonchev–Trinajstić information content (AvgIpc) is 3.45. The van der Waals surface area contributed by atoms with E-state index in [0.717, 1.165) is 45.3 Å². The summed E-state index contributed by atoms with van der Waals surface area (Å²) < 4.78 is 0. The molecule has 1 aliphatic carbocycles. The van der Waals surface area contributed by atoms with Gasteiger partial charge < -0.3 is 10.0 Å². The van der Waals surface area contributed by atoms with Crippen molar-refractivity contribution in [2.24, 2.45) is 5.92 Å². The van der Waals surface area contributed by atoms with Crippen molar-refractivity contribution in [1.82, 2.24) is 20.1 Å². The molecule has 1 amide bonds. The molecule has 146 valence electrons. The van der Waals surface area contributed by atoms with Crippen LogP contribution in [0.2, 0.25) is 0 Å². The lowest BCUT2D eigenvalue weighted by Gasteiger charge is -2.37. The van der Waals surface area contributed by atoms with E-state index in [9.17, 15) is 9.90 Å². The molecular formula is C20H22N4O2S2. The number of aliphatic hydroxyl groups is 1. The Labute approximate surface area is 171 Å². The summed E-state index contributed by atoms with van der Waals surface area (Å²) in [6, 6.07) is 2.03. The zero-order chi connectivity index (χ0) is 19.3. The summed E-state index contributed by atoms with van der Waals surface area (Å²) in [5, 5.41) is 20.8. The molecule has 28 heavy (non-hydrogen) atoms. The van der Waals surface area contributed by atoms with Crippen LogP contribution in [-0.2, 0) is 5.60 Å². The largest absolute Gasteiger partial charge is 0.383 e. The van der Waals surface area contributed by atoms with E-state index in [2.05, 4.69) is 15.2 Å². The second kappa shape index (κ2) is 6.79. The van der Waals surface area contributed by atoms with Gasteiger partial charge in [-0.15, -0.1) is 22.7 Å². The maximum Gasteiger partial charge on any atom is 0.254 e. The Kier molecular flexibility index (Phi) is 4.37. The van der Waals surface area contributed by atoms with Gasteiger partial charge in [0.2, 0.25) is 0 Å². The molecule has 3 aromatic heterocycles. The number of H-pyrrole nitrogens is 1. The van der Waals surface area contributed by atoms with Crippen molar-refractivity contribution in [3.8, 4) is 10.4 Å². The Morgan fingerprint density at radius 3 is 3.04 bits per heavy atom. The van der Waals surface area contributed by atoms with Crippen LogP contribution in [0, 0.1) is 12.8 Å². The van der Waals surface area contributed by atoms with Gasteiger partial charge in [-0.05, 0) is 38.2 Å². The Morgan fingerprint density at radius 1 is 1.39 bits per heavy atom. The van der Waals surface area contributed by atoms with Crippen LogP contribution in [0.5, 0.6) is 0 Å². The molecule has 0 spiro atoms. The van der Waals surface area contributed by atoms with Crippen LogP contribution in [-0.4, -0.2) is 43.7 Å². The lowest BCUT2D eigenvalue weighted by atomic mass is 9.91. The summed E-state index contributed by atoms with van der Waals surface area (Å²) in [5.41, 5.74) is 0.811. The quantitative estimate of drug-likeness (QED) is 0.683. The smallest absolute Gasteiger partial charge is 0.254 e. The number of aryl methyl sites for hydroxylation is 1. The molecule has 1 saturated carbocycles. The first kappa shape index (κ1) is 18.0. The third kappa shape index (κ3) is 3.00. The van der Waals surface area contributed by atoms with Crippen LogP contribution >= 0.6 is 22.7 Å². The van der Waals surface area contributed by atoms with Gasteiger partial charge in [-0.25, -0.2) is 4.98 Å². The monoisotopic (exact) mass is 414 g/mol. The summed E-state index contributed by atoms with van der Waals surface area (Å²) in [7, 11) is 0. The minimum atomic E-state index is -0.909. The fourth-order valence-corrected chi connectivity index (χ4v) is 6.40. The van der Waals surface area contributed by atoms with Crippen LogP contribution < -0.4 is 0 Å². The molecule has 4 heterocycles. The van der Waals surface area contributed by atoms with Crippen molar-refractivity contribution in [2.45, 2.75) is 44.2 Å². The fraction of sp³-hybridized carbons (Fsp3) is 0.450. The van der Waals surface area contributed by atoms with Gasteiger partial charge in [0.05, 0.1) is 11.8 Å². The number of aromatic nitrogens is 3. The number of amides is 1. The highest BCUT2D eigenvalue weighted by atomic mass is 32.1. The second-order valence-electron chi connectivity index (χ2n) is 7.87. The highest BCUT2D eigenvalue weighted by molar-refractivity contribution is 7.13. The molecule has 0 radical (unpaired) electrons. The minimum absolute atomic E-state index is 0.0697. The molecule has 2 aliphatic rings. The maximum atomic E-state index is 13.3. The highest BCUT2D eigenvalue weighted by Gasteiger charge is 2.51. The van der Waals surface area contributed by atoms with Gasteiger partial charge in [0.25, 0.3) is 5.91 Å². The van der Waals surface area contributed by atoms with E-state index in [4.69, 9.17) is 0 Å². The predicted octanol–water partition coefficient (Wildman–Crippen LogP) is 3.81. The lowest BCUT2D eigenvalue weighted by molar-refractivity contribution is 0.0329. The molecule has 0 aromatic carbocycles. The number of nitrogens with one attached hydrogen (secondary N) is 1. The number of carbonyl (C=O) groups is 1. The first-order chi connectivity index (χ1) is 13.5. The molecular weight excluding hydrogens is 392 g/mol. The molecule has 1 saturated heterocycles. The van der Waals surface area contributed by atoms with Crippen molar-refractivity contribution < 1.29 is 9.90 Å². The standard InChI is InChI=1S/C20H22N4O2S2/c1-12-8-21-19(28-12)20(26)6-13-3-2-4-24(16(13)7-20)18(25)14-5-17(27-11-14)15-9-22-23-10-15/h5,8-11,13,16,26H,2-4,6-7H2,1H3,(H,22,23). The van der Waals surface area contributed by atoms with Crippen LogP contribution in [0.3, 0.4) is 0 Å². The van der Waals surface area contributed by atoms with E-state index in [1.54, 1.807) is 28.9 Å². The van der Waals surface area contributed by atoms with Gasteiger partial charge in [0.15, 0.2) is 0 Å². The number of aromatic amines is 1. The van der Waals surface area contributed by atoms with Crippen molar-refractivity contribution in [3.05, 3.63) is 45.5 Å². The van der Waals surface area contributed by atoms with Crippen LogP contribution in [0.15, 0.2) is 30.0 Å². The van der Waals surface area contributed by atoms with E-state index in [1.165, 1.54) is 0 Å². The number of hydrogen-bond acceptors (Lipinski definition) is 6. The molecule has 1 aliphatic heterocycles. The minimum Gasteiger partial charge on any atom is -0.383 e. The average molecular weight is 415 g/mol. The maximum absolute atomic E-state index is 13.3. The summed E-state index contributed by atoms with van der Waals surface area (Å²) in [6.07, 6.45) is 8.75. The Bertz CT molecular complexity index is 996. The van der Waals surface area contributed by atoms with E-state index >= 15 is 0 Å². The van der Waals surface area contributed by atoms with E-state index < -0.39 is 5.60 Å². The van der Waals surface area contributed by atoms with Gasteiger partial charge in [-0.3, -0.25) is 9.89 Å². The Hall–Kier alpha value is -2.03. The molecule has 2 N–H and O–H groups in total. The predicted molar refractivity (Wildman–Crippen MR) is 109 cm³/mol. The lowest BCUT2D eigenvalue weighted by Crippen LogP contribution is -2.46. The topological polar surface area (TPSA) is 82.1 Å². The van der Waals surface area contributed by atoms with E-state index in [-0.39, 0.29) is 11.9 Å². The summed E-state index contributed by atoms with van der Waals surface area (Å²) in [6.45, 7) is 2.76. The van der Waals surface area contributed by atoms with Crippen molar-refractivity contribution in [2.75, 3.05) is 6.54 Å². The first-order valence-electron chi connectivity index (χ1n) is 9.57. The van der Waals surface area contributed by atoms with Gasteiger partial charge >= 0.3 is 0 Å². The second-order valence-corrected chi connectivity index (χ2v) is 10.0. The third-order valence-corrected chi connectivity index (χ3v) is 8.06. The van der Waals surface area contributed by atoms with Gasteiger partial charge in [0.1, 0.15) is 10.6 Å². The Morgan fingerprint density at radius 2 is 2.29 bits per heavy atom. The van der Waals surface area contributed by atoms with Gasteiger partial charge in [0, 0.05) is 52.1 Å². The number of thiophene rings is 1. The SMILES string of the molecule is Cc1cnc(C2(O)CC3CCCN(C(=O)c4csc(-c5cn[nH]c5)c4)C3C2)s1. The highest BCUT2D eigenvalue weighted by Crippen LogP contribution is 2.49. The molecule has 6 nitrogen and oxygen atoms in total. The van der Waals surface area contributed by atoms with E-state index in [0.29, 0.717) is 18.8 Å². The zero-order valence-electron chi connectivity index (χ0n) is 15.6. The molecule has 5 rings (SSSR count). The summed E-state index contributed by atoms with van der Waals surface area (Å²) >= 11 is 3.12. The third-order valence-electron chi connectivity index (χ3n) is 5.97. The Balaban J connectivity index is 1.39. The normalized spacial score (nSPS) is 27.1. The molecule has 0 bridgehead atoms. The number of nitrogens with zero attached hydrogens (tertiary/aromatic N) is 3. The number of piperidine rings is 1. The van der Waals surface area contributed by atoms with Crippen LogP contribution in [0.25, 0.3) is 10.4 Å². The summed E-state index contributed by atoms with van der Waals surface area (Å²) in [5.74, 6) is 0.402. The molecule has 8 heteroatoms. The number of hydrogen-bond donors (Lipinski definition) is 2. The van der Waals surface area contributed by atoms with Gasteiger partial charge in [-0.1, -0.05) is 0 Å². The van der Waals surface area contributed by atoms with Gasteiger partial charge in [-0.2, -0.15) is 5.10 Å². The first-order valence-corrected chi connectivity index (χ1v) is 11.3. The van der Waals surface area contributed by atoms with Crippen molar-refractivity contribution in [3.63, 3.8) is 0 Å². The molecule has 3 aromatic rings. The van der Waals surface area contributed by atoms with E-state index in [1.807, 2.05) is 35.7 Å². The number of thiazole rings is 1. The van der Waals surface area contributed by atoms with Crippen molar-refractivity contribution in [1.29, 1.82) is 0 Å². The fourth-order valence-electron chi connectivity index (χ4n) is 4.66. The number of likely N-dealkylation sites (tertiary alicyclic amines) is 1. The van der Waals surface area contributed by atoms with Crippen molar-refractivity contribution >= 4 is 28.6 Å². The number of rotatable bonds is 3. The number of carbonyl (C=O) groups excluding carboxylic acids is 1. The molecule has 2 fully saturated rings. The zero-order valence-corrected chi connectivity index (χ0v) is 17.2. The number of fused-ring (bicyclic) bond motifs is 1. The van der Waals surface area contributed by atoms with Crippen LogP contribution in [0.1, 0.15) is 45.9 Å². The molecule has 3 unspecified atom stereocenters. The van der Waals surface area contributed by atoms with Crippen LogP contribution in [0.4, 0.5) is 0 Å².